The Balaban J connectivity index is 1.57. The summed E-state index contributed by atoms with van der Waals surface area (Å²) in [6, 6.07) is 8.26. The van der Waals surface area contributed by atoms with Crippen molar-refractivity contribution < 1.29 is 22.7 Å². The Hall–Kier alpha value is -3.30. The number of benzene rings is 1. The van der Waals surface area contributed by atoms with E-state index in [-0.39, 0.29) is 12.4 Å². The molecule has 0 radical (unpaired) electrons. The number of nitrogens with zero attached hydrogens (tertiary/aromatic N) is 3. The van der Waals surface area contributed by atoms with Gasteiger partial charge in [0, 0.05) is 6.07 Å². The molecule has 0 fully saturated rings. The highest BCUT2D eigenvalue weighted by Gasteiger charge is 2.33. The maximum absolute atomic E-state index is 12.5. The molecule has 3 rings (SSSR count). The summed E-state index contributed by atoms with van der Waals surface area (Å²) >= 11 is 0. The van der Waals surface area contributed by atoms with Gasteiger partial charge in [0.25, 0.3) is 5.91 Å². The molecule has 0 saturated heterocycles. The minimum atomic E-state index is -4.59. The molecule has 10 heteroatoms. The number of aromatic nitrogens is 4. The lowest BCUT2D eigenvalue weighted by atomic mass is 10.2. The van der Waals surface area contributed by atoms with Crippen LogP contribution in [0.1, 0.15) is 28.7 Å². The number of nitrogens with one attached hydrogen (secondary N) is 2. The van der Waals surface area contributed by atoms with Crippen molar-refractivity contribution in [3.05, 3.63) is 59.7 Å². The van der Waals surface area contributed by atoms with Crippen LogP contribution < -0.4 is 10.1 Å². The van der Waals surface area contributed by atoms with Gasteiger partial charge in [-0.05, 0) is 24.1 Å². The number of amides is 1. The molecule has 2 aromatic heterocycles. The number of anilines is 1. The van der Waals surface area contributed by atoms with Gasteiger partial charge in [-0.15, -0.1) is 0 Å². The molecule has 0 aliphatic carbocycles. The quantitative estimate of drug-likeness (QED) is 0.687. The maximum atomic E-state index is 12.5. The smallest absolute Gasteiger partial charge is 0.432 e. The van der Waals surface area contributed by atoms with Crippen LogP contribution in [0.15, 0.2) is 42.7 Å². The average molecular weight is 379 g/mol. The van der Waals surface area contributed by atoms with Crippen molar-refractivity contribution in [2.24, 2.45) is 0 Å². The number of alkyl halides is 3. The number of hydrogen-bond donors (Lipinski definition) is 2. The van der Waals surface area contributed by atoms with E-state index in [0.29, 0.717) is 17.5 Å². The molecule has 0 aliphatic rings. The number of H-pyrrole nitrogens is 1. The highest BCUT2D eigenvalue weighted by Crippen LogP contribution is 2.27. The van der Waals surface area contributed by atoms with E-state index in [1.165, 1.54) is 22.6 Å². The van der Waals surface area contributed by atoms with Crippen LogP contribution >= 0.6 is 0 Å². The number of halogens is 3. The van der Waals surface area contributed by atoms with E-state index in [1.54, 1.807) is 5.10 Å². The van der Waals surface area contributed by atoms with Gasteiger partial charge in [0.2, 0.25) is 0 Å². The number of carbonyl (C=O) groups is 1. The fourth-order valence-electron chi connectivity index (χ4n) is 2.24. The Morgan fingerprint density at radius 1 is 1.30 bits per heavy atom. The Morgan fingerprint density at radius 2 is 2.04 bits per heavy atom. The van der Waals surface area contributed by atoms with Gasteiger partial charge in [-0.25, -0.2) is 4.68 Å². The van der Waals surface area contributed by atoms with E-state index in [1.807, 2.05) is 24.3 Å². The predicted molar refractivity (Wildman–Crippen MR) is 90.2 cm³/mol. The largest absolute Gasteiger partial charge is 0.471 e. The van der Waals surface area contributed by atoms with E-state index in [9.17, 15) is 18.0 Å². The van der Waals surface area contributed by atoms with Gasteiger partial charge in [0.1, 0.15) is 11.4 Å². The van der Waals surface area contributed by atoms with E-state index in [0.717, 1.165) is 6.42 Å². The molecule has 7 nitrogen and oxygen atoms in total. The molecule has 142 valence electrons. The zero-order valence-electron chi connectivity index (χ0n) is 14.2. The monoisotopic (exact) mass is 379 g/mol. The average Bonchev–Trinajstić information content (AvgIpc) is 3.29. The van der Waals surface area contributed by atoms with Gasteiger partial charge in [0.15, 0.2) is 12.4 Å². The van der Waals surface area contributed by atoms with Crippen LogP contribution in [0.25, 0.3) is 0 Å². The number of hydrogen-bond acceptors (Lipinski definition) is 4. The molecular formula is C17H16F3N5O2. The summed E-state index contributed by atoms with van der Waals surface area (Å²) in [5, 5.41) is 11.6. The van der Waals surface area contributed by atoms with Crippen LogP contribution in [-0.2, 0) is 19.3 Å². The lowest BCUT2D eigenvalue weighted by molar-refractivity contribution is -0.141. The van der Waals surface area contributed by atoms with Crippen molar-refractivity contribution in [3.8, 4) is 5.75 Å². The second-order valence-corrected chi connectivity index (χ2v) is 5.66. The first-order chi connectivity index (χ1) is 12.8. The second-order valence-electron chi connectivity index (χ2n) is 5.66. The van der Waals surface area contributed by atoms with Gasteiger partial charge >= 0.3 is 6.18 Å². The van der Waals surface area contributed by atoms with E-state index >= 15 is 0 Å². The summed E-state index contributed by atoms with van der Waals surface area (Å²) in [5.41, 5.74) is 0.0353. The van der Waals surface area contributed by atoms with E-state index in [2.05, 4.69) is 22.4 Å². The molecule has 2 heterocycles. The van der Waals surface area contributed by atoms with Gasteiger partial charge in [-0.1, -0.05) is 19.1 Å². The highest BCUT2D eigenvalue weighted by molar-refractivity contribution is 6.02. The summed E-state index contributed by atoms with van der Waals surface area (Å²) in [7, 11) is 0. The zero-order valence-corrected chi connectivity index (χ0v) is 14.2. The molecule has 2 N–H and O–H groups in total. The molecule has 1 amide bonds. The Morgan fingerprint density at radius 3 is 2.67 bits per heavy atom. The third kappa shape index (κ3) is 4.66. The second kappa shape index (κ2) is 7.52. The molecule has 1 aromatic carbocycles. The SMILES string of the molecule is CCc1ccc(OCn2cc(NC(=O)c3cc(C(F)(F)F)[nH]n3)cn2)cc1. The lowest BCUT2D eigenvalue weighted by Crippen LogP contribution is -2.12. The van der Waals surface area contributed by atoms with E-state index in [4.69, 9.17) is 4.74 Å². The fraction of sp³-hybridized carbons (Fsp3) is 0.235. The molecule has 3 aromatic rings. The molecule has 0 bridgehead atoms. The first kappa shape index (κ1) is 18.5. The van der Waals surface area contributed by atoms with Crippen LogP contribution in [0, 0.1) is 0 Å². The summed E-state index contributed by atoms with van der Waals surface area (Å²) in [5.74, 6) is -0.109. The molecule has 0 unspecified atom stereocenters. The van der Waals surface area contributed by atoms with Gasteiger partial charge in [-0.3, -0.25) is 9.89 Å². The summed E-state index contributed by atoms with van der Waals surface area (Å²) in [6.07, 6.45) is -0.805. The van der Waals surface area contributed by atoms with Crippen molar-refractivity contribution in [2.45, 2.75) is 26.3 Å². The molecule has 27 heavy (non-hydrogen) atoms. The molecule has 0 atom stereocenters. The Kier molecular flexibility index (Phi) is 5.15. The summed E-state index contributed by atoms with van der Waals surface area (Å²) in [4.78, 5) is 12.0. The van der Waals surface area contributed by atoms with Crippen molar-refractivity contribution in [2.75, 3.05) is 5.32 Å². The Labute approximate surface area is 152 Å². The van der Waals surface area contributed by atoms with Crippen molar-refractivity contribution in [3.63, 3.8) is 0 Å². The number of aromatic amines is 1. The van der Waals surface area contributed by atoms with Crippen LogP contribution in [0.2, 0.25) is 0 Å². The standard InChI is InChI=1S/C17H16F3N5O2/c1-2-11-3-5-13(6-4-11)27-10-25-9-12(8-21-25)22-16(26)14-7-15(24-23-14)17(18,19)20/h3-9H,2,10H2,1H3,(H,22,26)(H,23,24). The van der Waals surface area contributed by atoms with Crippen LogP contribution in [0.3, 0.4) is 0 Å². The van der Waals surface area contributed by atoms with Crippen molar-refractivity contribution in [1.29, 1.82) is 0 Å². The first-order valence-corrected chi connectivity index (χ1v) is 8.03. The highest BCUT2D eigenvalue weighted by atomic mass is 19.4. The van der Waals surface area contributed by atoms with Crippen LogP contribution in [-0.4, -0.2) is 25.9 Å². The minimum Gasteiger partial charge on any atom is -0.471 e. The Bertz CT molecular complexity index is 915. The summed E-state index contributed by atoms with van der Waals surface area (Å²) in [6.45, 7) is 2.17. The van der Waals surface area contributed by atoms with Crippen molar-refractivity contribution in [1.82, 2.24) is 20.0 Å². The van der Waals surface area contributed by atoms with Gasteiger partial charge in [0.05, 0.1) is 18.1 Å². The normalized spacial score (nSPS) is 11.4. The number of ether oxygens (including phenoxy) is 1. The third-order valence-corrected chi connectivity index (χ3v) is 3.70. The zero-order chi connectivity index (χ0) is 19.4. The minimum absolute atomic E-state index is 0.113. The van der Waals surface area contributed by atoms with Gasteiger partial charge < -0.3 is 10.1 Å². The molecular weight excluding hydrogens is 363 g/mol. The molecule has 0 saturated carbocycles. The predicted octanol–water partition coefficient (Wildman–Crippen LogP) is 3.48. The number of rotatable bonds is 6. The maximum Gasteiger partial charge on any atom is 0.432 e. The summed E-state index contributed by atoms with van der Waals surface area (Å²) < 4.78 is 44.6. The van der Waals surface area contributed by atoms with Gasteiger partial charge in [-0.2, -0.15) is 23.4 Å². The third-order valence-electron chi connectivity index (χ3n) is 3.70. The lowest BCUT2D eigenvalue weighted by Gasteiger charge is -2.06. The fourth-order valence-corrected chi connectivity index (χ4v) is 2.24. The first-order valence-electron chi connectivity index (χ1n) is 8.03. The topological polar surface area (TPSA) is 84.8 Å². The van der Waals surface area contributed by atoms with E-state index < -0.39 is 17.8 Å². The van der Waals surface area contributed by atoms with Crippen LogP contribution in [0.4, 0.5) is 18.9 Å². The molecule has 0 aliphatic heterocycles. The van der Waals surface area contributed by atoms with Crippen LogP contribution in [0.5, 0.6) is 5.75 Å². The number of carbonyl (C=O) groups excluding carboxylic acids is 1. The van der Waals surface area contributed by atoms with Crippen molar-refractivity contribution >= 4 is 11.6 Å². The number of aryl methyl sites for hydroxylation is 1. The molecule has 0 spiro atoms.